The maximum absolute atomic E-state index is 4.65. The van der Waals surface area contributed by atoms with Gasteiger partial charge in [-0.05, 0) is 39.2 Å². The quantitative estimate of drug-likeness (QED) is 0.866. The highest BCUT2D eigenvalue weighted by molar-refractivity contribution is 5.40. The van der Waals surface area contributed by atoms with Gasteiger partial charge in [0.15, 0.2) is 0 Å². The van der Waals surface area contributed by atoms with Gasteiger partial charge in [0, 0.05) is 43.5 Å². The largest absolute Gasteiger partial charge is 0.356 e. The van der Waals surface area contributed by atoms with Crippen LogP contribution < -0.4 is 15.5 Å². The Morgan fingerprint density at radius 2 is 2.05 bits per heavy atom. The van der Waals surface area contributed by atoms with Gasteiger partial charge in [0.25, 0.3) is 0 Å². The predicted molar refractivity (Wildman–Crippen MR) is 90.4 cm³/mol. The molecule has 0 aromatic carbocycles. The Balaban J connectivity index is 1.56. The van der Waals surface area contributed by atoms with Crippen LogP contribution in [0, 0.1) is 6.92 Å². The molecule has 1 atom stereocenters. The molecule has 3 heterocycles. The van der Waals surface area contributed by atoms with Gasteiger partial charge in [-0.15, -0.1) is 0 Å². The lowest BCUT2D eigenvalue weighted by Crippen LogP contribution is -2.47. The lowest BCUT2D eigenvalue weighted by molar-refractivity contribution is 0.374. The maximum atomic E-state index is 4.65. The van der Waals surface area contributed by atoms with Crippen molar-refractivity contribution < 1.29 is 0 Å². The molecule has 0 amide bonds. The molecule has 2 aliphatic rings. The molecule has 0 aliphatic carbocycles. The van der Waals surface area contributed by atoms with Crippen LogP contribution in [-0.4, -0.2) is 48.2 Å². The van der Waals surface area contributed by atoms with Gasteiger partial charge in [-0.25, -0.2) is 9.97 Å². The first kappa shape index (κ1) is 15.7. The first-order valence-electron chi connectivity index (χ1n) is 8.81. The SMILES string of the molecule is CCCc1cc(N2CCC(NC3CCNC3)CC2)nc(C)n1. The highest BCUT2D eigenvalue weighted by Gasteiger charge is 2.24. The van der Waals surface area contributed by atoms with E-state index in [1.54, 1.807) is 0 Å². The number of piperidine rings is 1. The third kappa shape index (κ3) is 3.96. The van der Waals surface area contributed by atoms with E-state index in [4.69, 9.17) is 0 Å². The van der Waals surface area contributed by atoms with Gasteiger partial charge in [0.1, 0.15) is 11.6 Å². The molecule has 22 heavy (non-hydrogen) atoms. The number of anilines is 1. The number of hydrogen-bond acceptors (Lipinski definition) is 5. The molecule has 122 valence electrons. The number of aromatic nitrogens is 2. The Labute approximate surface area is 133 Å². The van der Waals surface area contributed by atoms with Crippen molar-refractivity contribution in [1.82, 2.24) is 20.6 Å². The summed E-state index contributed by atoms with van der Waals surface area (Å²) in [5, 5.41) is 7.24. The van der Waals surface area contributed by atoms with E-state index in [0.717, 1.165) is 50.7 Å². The van der Waals surface area contributed by atoms with Crippen LogP contribution in [0.25, 0.3) is 0 Å². The van der Waals surface area contributed by atoms with Gasteiger partial charge in [-0.1, -0.05) is 13.3 Å². The molecule has 1 aromatic rings. The summed E-state index contributed by atoms with van der Waals surface area (Å²) in [6, 6.07) is 3.53. The molecule has 5 nitrogen and oxygen atoms in total. The smallest absolute Gasteiger partial charge is 0.132 e. The van der Waals surface area contributed by atoms with Gasteiger partial charge in [0.05, 0.1) is 0 Å². The molecular weight excluding hydrogens is 274 g/mol. The third-order valence-electron chi connectivity index (χ3n) is 4.73. The topological polar surface area (TPSA) is 53.1 Å². The van der Waals surface area contributed by atoms with Crippen molar-refractivity contribution in [2.75, 3.05) is 31.1 Å². The fourth-order valence-electron chi connectivity index (χ4n) is 3.56. The second-order valence-corrected chi connectivity index (χ2v) is 6.63. The Morgan fingerprint density at radius 3 is 2.73 bits per heavy atom. The molecule has 2 N–H and O–H groups in total. The van der Waals surface area contributed by atoms with E-state index in [-0.39, 0.29) is 0 Å². The number of aryl methyl sites for hydroxylation is 2. The van der Waals surface area contributed by atoms with E-state index in [1.165, 1.54) is 25.0 Å². The standard InChI is InChI=1S/C17H29N5/c1-3-4-15-11-17(20-13(2)19-15)22-9-6-14(7-10-22)21-16-5-8-18-12-16/h11,14,16,18,21H,3-10,12H2,1-2H3. The first-order chi connectivity index (χ1) is 10.7. The zero-order chi connectivity index (χ0) is 15.4. The fraction of sp³-hybridized carbons (Fsp3) is 0.765. The van der Waals surface area contributed by atoms with Crippen LogP contribution in [-0.2, 0) is 6.42 Å². The number of hydrogen-bond donors (Lipinski definition) is 2. The zero-order valence-corrected chi connectivity index (χ0v) is 13.9. The lowest BCUT2D eigenvalue weighted by atomic mass is 10.0. The average Bonchev–Trinajstić information content (AvgIpc) is 3.01. The van der Waals surface area contributed by atoms with Crippen LogP contribution >= 0.6 is 0 Å². The number of rotatable bonds is 5. The molecule has 0 bridgehead atoms. The van der Waals surface area contributed by atoms with Crippen molar-refractivity contribution in [3.05, 3.63) is 17.6 Å². The Morgan fingerprint density at radius 1 is 1.23 bits per heavy atom. The summed E-state index contributed by atoms with van der Waals surface area (Å²) >= 11 is 0. The first-order valence-corrected chi connectivity index (χ1v) is 8.81. The Bertz CT molecular complexity index is 476. The summed E-state index contributed by atoms with van der Waals surface area (Å²) < 4.78 is 0. The Kier molecular flexibility index (Phi) is 5.26. The van der Waals surface area contributed by atoms with E-state index in [1.807, 2.05) is 6.92 Å². The minimum atomic E-state index is 0.666. The molecular formula is C17H29N5. The highest BCUT2D eigenvalue weighted by Crippen LogP contribution is 2.20. The van der Waals surface area contributed by atoms with Crippen LogP contribution in [0.3, 0.4) is 0 Å². The van der Waals surface area contributed by atoms with Crippen molar-refractivity contribution in [2.24, 2.45) is 0 Å². The summed E-state index contributed by atoms with van der Waals surface area (Å²) in [5.41, 5.74) is 1.18. The van der Waals surface area contributed by atoms with E-state index < -0.39 is 0 Å². The summed E-state index contributed by atoms with van der Waals surface area (Å²) in [7, 11) is 0. The summed E-state index contributed by atoms with van der Waals surface area (Å²) in [4.78, 5) is 11.6. The second kappa shape index (κ2) is 7.38. The van der Waals surface area contributed by atoms with E-state index in [2.05, 4.69) is 38.5 Å². The van der Waals surface area contributed by atoms with Crippen LogP contribution in [0.5, 0.6) is 0 Å². The van der Waals surface area contributed by atoms with Crippen LogP contribution in [0.4, 0.5) is 5.82 Å². The predicted octanol–water partition coefficient (Wildman–Crippen LogP) is 1.66. The third-order valence-corrected chi connectivity index (χ3v) is 4.73. The molecule has 2 saturated heterocycles. The normalized spacial score (nSPS) is 23.2. The van der Waals surface area contributed by atoms with Crippen molar-refractivity contribution in [3.63, 3.8) is 0 Å². The molecule has 2 aliphatic heterocycles. The van der Waals surface area contributed by atoms with Gasteiger partial charge >= 0.3 is 0 Å². The molecule has 2 fully saturated rings. The van der Waals surface area contributed by atoms with E-state index in [9.17, 15) is 0 Å². The molecule has 0 spiro atoms. The van der Waals surface area contributed by atoms with Crippen molar-refractivity contribution in [2.45, 2.75) is 58.0 Å². The molecule has 1 unspecified atom stereocenters. The van der Waals surface area contributed by atoms with Crippen LogP contribution in [0.15, 0.2) is 6.07 Å². The molecule has 5 heteroatoms. The summed E-state index contributed by atoms with van der Waals surface area (Å²) in [6.07, 6.45) is 5.87. The van der Waals surface area contributed by atoms with E-state index >= 15 is 0 Å². The average molecular weight is 303 g/mol. The number of nitrogens with zero attached hydrogens (tertiary/aromatic N) is 3. The Hall–Kier alpha value is -1.20. The zero-order valence-electron chi connectivity index (χ0n) is 13.9. The number of nitrogens with one attached hydrogen (secondary N) is 2. The van der Waals surface area contributed by atoms with Crippen molar-refractivity contribution in [3.8, 4) is 0 Å². The van der Waals surface area contributed by atoms with Crippen LogP contribution in [0.2, 0.25) is 0 Å². The van der Waals surface area contributed by atoms with Gasteiger partial charge in [0.2, 0.25) is 0 Å². The fourth-order valence-corrected chi connectivity index (χ4v) is 3.56. The van der Waals surface area contributed by atoms with Crippen molar-refractivity contribution in [1.29, 1.82) is 0 Å². The summed E-state index contributed by atoms with van der Waals surface area (Å²) in [5.74, 6) is 2.02. The molecule has 0 saturated carbocycles. The maximum Gasteiger partial charge on any atom is 0.132 e. The van der Waals surface area contributed by atoms with Gasteiger partial charge < -0.3 is 15.5 Å². The second-order valence-electron chi connectivity index (χ2n) is 6.63. The minimum absolute atomic E-state index is 0.666. The molecule has 0 radical (unpaired) electrons. The highest BCUT2D eigenvalue weighted by atomic mass is 15.2. The molecule has 1 aromatic heterocycles. The summed E-state index contributed by atoms with van der Waals surface area (Å²) in [6.45, 7) is 8.69. The van der Waals surface area contributed by atoms with Crippen molar-refractivity contribution >= 4 is 5.82 Å². The monoisotopic (exact) mass is 303 g/mol. The van der Waals surface area contributed by atoms with Gasteiger partial charge in [-0.2, -0.15) is 0 Å². The van der Waals surface area contributed by atoms with Crippen LogP contribution in [0.1, 0.15) is 44.1 Å². The van der Waals surface area contributed by atoms with Gasteiger partial charge in [-0.3, -0.25) is 0 Å². The molecule has 3 rings (SSSR count). The van der Waals surface area contributed by atoms with E-state index in [0.29, 0.717) is 12.1 Å². The lowest BCUT2D eigenvalue weighted by Gasteiger charge is -2.34. The minimum Gasteiger partial charge on any atom is -0.356 e.